The highest BCUT2D eigenvalue weighted by molar-refractivity contribution is 6.30. The van der Waals surface area contributed by atoms with Gasteiger partial charge < -0.3 is 9.15 Å². The summed E-state index contributed by atoms with van der Waals surface area (Å²) in [5.41, 5.74) is 6.97. The van der Waals surface area contributed by atoms with E-state index < -0.39 is 0 Å². The van der Waals surface area contributed by atoms with Gasteiger partial charge in [-0.25, -0.2) is 4.99 Å². The van der Waals surface area contributed by atoms with Gasteiger partial charge in [0, 0.05) is 27.9 Å². The number of hydrogen-bond donors (Lipinski definition) is 0. The largest absolute Gasteiger partial charge is 0.488 e. The van der Waals surface area contributed by atoms with Crippen molar-refractivity contribution in [3.05, 3.63) is 130 Å². The molecular formula is C33H25ClN2O2. The topological polar surface area (TPSA) is 58.5 Å². The molecule has 186 valence electrons. The first-order valence-electron chi connectivity index (χ1n) is 12.2. The second-order valence-corrected chi connectivity index (χ2v) is 9.48. The molecule has 38 heavy (non-hydrogen) atoms. The number of hydrogen-bond acceptors (Lipinski definition) is 4. The second-order valence-electron chi connectivity index (χ2n) is 9.04. The molecule has 1 aromatic heterocycles. The highest BCUT2D eigenvalue weighted by atomic mass is 35.5. The van der Waals surface area contributed by atoms with Gasteiger partial charge in [0.1, 0.15) is 29.7 Å². The highest BCUT2D eigenvalue weighted by Gasteiger charge is 2.23. The molecule has 0 atom stereocenters. The Kier molecular flexibility index (Phi) is 7.40. The SMILES string of the molecule is Cc1ccc(-c2oc(N=Cc3ccccc3OCc3ccc(Cl)cc3)c(C#N)c2-c2ccc(C)cc2)cc1. The third kappa shape index (κ3) is 5.54. The van der Waals surface area contributed by atoms with Gasteiger partial charge in [0.15, 0.2) is 0 Å². The predicted octanol–water partition coefficient (Wildman–Crippen LogP) is 9.09. The fourth-order valence-electron chi connectivity index (χ4n) is 4.11. The minimum atomic E-state index is 0.256. The number of para-hydroxylation sites is 1. The third-order valence-electron chi connectivity index (χ3n) is 6.20. The third-order valence-corrected chi connectivity index (χ3v) is 6.45. The molecule has 1 heterocycles. The van der Waals surface area contributed by atoms with E-state index >= 15 is 0 Å². The summed E-state index contributed by atoms with van der Waals surface area (Å²) >= 11 is 5.99. The Balaban J connectivity index is 1.52. The molecule has 0 saturated carbocycles. The Morgan fingerprint density at radius 1 is 0.842 bits per heavy atom. The standard InChI is InChI=1S/C33H25ClN2O2/c1-22-7-13-25(14-8-22)31-29(19-35)33(38-32(31)26-15-9-23(2)10-16-26)36-20-27-5-3-4-6-30(27)37-21-24-11-17-28(34)18-12-24/h3-18,20H,21H2,1-2H3. The number of ether oxygens (including phenoxy) is 1. The normalized spacial score (nSPS) is 11.0. The van der Waals surface area contributed by atoms with Crippen LogP contribution in [0.4, 0.5) is 5.88 Å². The van der Waals surface area contributed by atoms with Crippen molar-refractivity contribution < 1.29 is 9.15 Å². The van der Waals surface area contributed by atoms with Crippen LogP contribution in [-0.2, 0) is 6.61 Å². The number of aryl methyl sites for hydroxylation is 2. The predicted molar refractivity (Wildman–Crippen MR) is 153 cm³/mol. The second kappa shape index (κ2) is 11.2. The average molecular weight is 517 g/mol. The minimum absolute atomic E-state index is 0.256. The number of nitriles is 1. The molecule has 0 unspecified atom stereocenters. The van der Waals surface area contributed by atoms with Gasteiger partial charge in [-0.3, -0.25) is 0 Å². The van der Waals surface area contributed by atoms with Gasteiger partial charge in [0.05, 0.1) is 0 Å². The lowest BCUT2D eigenvalue weighted by molar-refractivity contribution is 0.306. The fraction of sp³-hybridized carbons (Fsp3) is 0.0909. The molecular weight excluding hydrogens is 492 g/mol. The van der Waals surface area contributed by atoms with Gasteiger partial charge in [-0.05, 0) is 49.2 Å². The van der Waals surface area contributed by atoms with Crippen molar-refractivity contribution in [2.24, 2.45) is 4.99 Å². The summed E-state index contributed by atoms with van der Waals surface area (Å²) in [5, 5.41) is 10.9. The number of nitrogens with zero attached hydrogens (tertiary/aromatic N) is 2. The molecule has 0 bridgehead atoms. The molecule has 0 aliphatic heterocycles. The lowest BCUT2D eigenvalue weighted by Crippen LogP contribution is -1.98. The van der Waals surface area contributed by atoms with E-state index in [1.807, 2.05) is 111 Å². The van der Waals surface area contributed by atoms with E-state index in [9.17, 15) is 5.26 Å². The van der Waals surface area contributed by atoms with Gasteiger partial charge in [0.25, 0.3) is 0 Å². The van der Waals surface area contributed by atoms with Crippen LogP contribution in [0.2, 0.25) is 5.02 Å². The Hall–Kier alpha value is -4.59. The number of benzene rings is 4. The molecule has 0 radical (unpaired) electrons. The van der Waals surface area contributed by atoms with Crippen molar-refractivity contribution in [1.82, 2.24) is 0 Å². The van der Waals surface area contributed by atoms with E-state index in [0.717, 1.165) is 38.9 Å². The fourth-order valence-corrected chi connectivity index (χ4v) is 4.23. The van der Waals surface area contributed by atoms with Crippen molar-refractivity contribution >= 4 is 23.7 Å². The van der Waals surface area contributed by atoms with E-state index in [0.29, 0.717) is 28.7 Å². The van der Waals surface area contributed by atoms with Crippen LogP contribution < -0.4 is 4.74 Å². The van der Waals surface area contributed by atoms with Crippen LogP contribution in [-0.4, -0.2) is 6.21 Å². The first kappa shape index (κ1) is 25.1. The van der Waals surface area contributed by atoms with Gasteiger partial charge in [-0.2, -0.15) is 5.26 Å². The molecule has 0 aliphatic rings. The monoisotopic (exact) mass is 516 g/mol. The van der Waals surface area contributed by atoms with E-state index in [2.05, 4.69) is 11.1 Å². The summed E-state index contributed by atoms with van der Waals surface area (Å²) in [6.07, 6.45) is 1.68. The maximum atomic E-state index is 10.2. The number of furan rings is 1. The summed E-state index contributed by atoms with van der Waals surface area (Å²) in [6.45, 7) is 4.46. The molecule has 5 aromatic rings. The zero-order valence-corrected chi connectivity index (χ0v) is 21.9. The van der Waals surface area contributed by atoms with E-state index in [1.165, 1.54) is 0 Å². The van der Waals surface area contributed by atoms with Crippen molar-refractivity contribution in [1.29, 1.82) is 5.26 Å². The summed E-state index contributed by atoms with van der Waals surface area (Å²) in [7, 11) is 0. The van der Waals surface area contributed by atoms with Crippen LogP contribution in [0.5, 0.6) is 5.75 Å². The smallest absolute Gasteiger partial charge is 0.238 e. The van der Waals surface area contributed by atoms with Gasteiger partial charge in [-0.15, -0.1) is 0 Å². The molecule has 0 spiro atoms. The van der Waals surface area contributed by atoms with Crippen LogP contribution >= 0.6 is 11.6 Å². The Morgan fingerprint density at radius 2 is 1.47 bits per heavy atom. The molecule has 0 saturated heterocycles. The summed E-state index contributed by atoms with van der Waals surface area (Å²) < 4.78 is 12.3. The molecule has 4 aromatic carbocycles. The first-order valence-corrected chi connectivity index (χ1v) is 12.6. The minimum Gasteiger partial charge on any atom is -0.488 e. The first-order chi connectivity index (χ1) is 18.5. The number of aliphatic imine (C=N–C) groups is 1. The molecule has 0 amide bonds. The van der Waals surface area contributed by atoms with Gasteiger partial charge in [0.2, 0.25) is 5.88 Å². The molecule has 0 fully saturated rings. The van der Waals surface area contributed by atoms with Gasteiger partial charge in [-0.1, -0.05) is 95.5 Å². The van der Waals surface area contributed by atoms with E-state index in [1.54, 1.807) is 6.21 Å². The van der Waals surface area contributed by atoms with Gasteiger partial charge >= 0.3 is 0 Å². The van der Waals surface area contributed by atoms with Crippen LogP contribution in [0.3, 0.4) is 0 Å². The van der Waals surface area contributed by atoms with Crippen molar-refractivity contribution in [2.45, 2.75) is 20.5 Å². The summed E-state index contributed by atoms with van der Waals surface area (Å²) in [6, 6.07) is 33.6. The van der Waals surface area contributed by atoms with Crippen LogP contribution in [0, 0.1) is 25.2 Å². The van der Waals surface area contributed by atoms with Crippen LogP contribution in [0.15, 0.2) is 106 Å². The quantitative estimate of drug-likeness (QED) is 0.203. The zero-order chi connectivity index (χ0) is 26.5. The van der Waals surface area contributed by atoms with Crippen LogP contribution in [0.1, 0.15) is 27.8 Å². The van der Waals surface area contributed by atoms with E-state index in [-0.39, 0.29) is 5.88 Å². The number of halogens is 1. The Labute approximate surface area is 227 Å². The maximum Gasteiger partial charge on any atom is 0.238 e. The van der Waals surface area contributed by atoms with Crippen molar-refractivity contribution in [3.63, 3.8) is 0 Å². The van der Waals surface area contributed by atoms with Crippen LogP contribution in [0.25, 0.3) is 22.5 Å². The van der Waals surface area contributed by atoms with E-state index in [4.69, 9.17) is 20.8 Å². The molecule has 0 aliphatic carbocycles. The lowest BCUT2D eigenvalue weighted by Gasteiger charge is -2.09. The Bertz CT molecular complexity index is 1630. The highest BCUT2D eigenvalue weighted by Crippen LogP contribution is 2.42. The lowest BCUT2D eigenvalue weighted by atomic mass is 9.97. The number of rotatable bonds is 7. The molecule has 5 rings (SSSR count). The molecule has 0 N–H and O–H groups in total. The maximum absolute atomic E-state index is 10.2. The van der Waals surface area contributed by atoms with Crippen molar-refractivity contribution in [2.75, 3.05) is 0 Å². The molecule has 4 nitrogen and oxygen atoms in total. The zero-order valence-electron chi connectivity index (χ0n) is 21.1. The van der Waals surface area contributed by atoms with Crippen molar-refractivity contribution in [3.8, 4) is 34.3 Å². The average Bonchev–Trinajstić information content (AvgIpc) is 3.31. The summed E-state index contributed by atoms with van der Waals surface area (Å²) in [4.78, 5) is 4.63. The molecule has 5 heteroatoms. The Morgan fingerprint density at radius 3 is 2.13 bits per heavy atom. The summed E-state index contributed by atoms with van der Waals surface area (Å²) in [5.74, 6) is 1.55.